The van der Waals surface area contributed by atoms with Crippen molar-refractivity contribution in [3.05, 3.63) is 11.6 Å². The molecule has 0 rings (SSSR count). The van der Waals surface area contributed by atoms with Gasteiger partial charge in [0.15, 0.2) is 0 Å². The molecule has 4 heteroatoms. The molecule has 0 aromatic carbocycles. The van der Waals surface area contributed by atoms with Crippen LogP contribution in [0.25, 0.3) is 0 Å². The molecule has 0 atom stereocenters. The Balaban J connectivity index is 4.22. The monoisotopic (exact) mass is 226 g/mol. The number of amides is 2. The molecule has 0 saturated carbocycles. The van der Waals surface area contributed by atoms with Gasteiger partial charge >= 0.3 is 0 Å². The molecule has 2 amide bonds. The molecule has 0 aromatic heterocycles. The van der Waals surface area contributed by atoms with Crippen molar-refractivity contribution in [2.45, 2.75) is 33.1 Å². The lowest BCUT2D eigenvalue weighted by molar-refractivity contribution is -0.130. The molecule has 0 radical (unpaired) electrons. The first-order valence-corrected chi connectivity index (χ1v) is 5.70. The van der Waals surface area contributed by atoms with Crippen molar-refractivity contribution in [2.24, 2.45) is 0 Å². The Kier molecular flexibility index (Phi) is 7.25. The van der Waals surface area contributed by atoms with Crippen LogP contribution < -0.4 is 5.32 Å². The lowest BCUT2D eigenvalue weighted by Gasteiger charge is -2.12. The van der Waals surface area contributed by atoms with Gasteiger partial charge in [-0.05, 0) is 12.8 Å². The summed E-state index contributed by atoms with van der Waals surface area (Å²) < 4.78 is 0. The zero-order chi connectivity index (χ0) is 12.6. The van der Waals surface area contributed by atoms with Crippen molar-refractivity contribution in [3.63, 3.8) is 0 Å². The molecule has 1 N–H and O–H groups in total. The van der Waals surface area contributed by atoms with Crippen LogP contribution in [-0.2, 0) is 9.59 Å². The first-order chi connectivity index (χ1) is 7.52. The standard InChI is InChI=1S/C12H22N2O2/c1-5-7-10(8-6-2)12(16)13-9-11(15)14(3)4/h7H,5-6,8-9H2,1-4H3,(H,13,16)/b10-7-. The van der Waals surface area contributed by atoms with E-state index in [1.54, 1.807) is 14.1 Å². The average molecular weight is 226 g/mol. The average Bonchev–Trinajstić information content (AvgIpc) is 2.24. The van der Waals surface area contributed by atoms with E-state index in [-0.39, 0.29) is 18.4 Å². The minimum absolute atomic E-state index is 0.0661. The summed E-state index contributed by atoms with van der Waals surface area (Å²) in [5, 5.41) is 2.64. The number of hydrogen-bond acceptors (Lipinski definition) is 2. The predicted octanol–water partition coefficient (Wildman–Crippen LogP) is 1.33. The number of allylic oxidation sites excluding steroid dienone is 1. The van der Waals surface area contributed by atoms with Crippen LogP contribution in [-0.4, -0.2) is 37.4 Å². The number of nitrogens with zero attached hydrogens (tertiary/aromatic N) is 1. The fraction of sp³-hybridized carbons (Fsp3) is 0.667. The number of carbonyl (C=O) groups is 2. The Hall–Kier alpha value is -1.32. The summed E-state index contributed by atoms with van der Waals surface area (Å²) in [6, 6.07) is 0. The number of likely N-dealkylation sites (N-methyl/N-ethyl adjacent to an activating group) is 1. The molecule has 0 aliphatic heterocycles. The lowest BCUT2D eigenvalue weighted by atomic mass is 10.1. The Morgan fingerprint density at radius 2 is 1.88 bits per heavy atom. The van der Waals surface area contributed by atoms with Gasteiger partial charge in [-0.2, -0.15) is 0 Å². The number of rotatable bonds is 6. The molecule has 0 bridgehead atoms. The molecule has 0 unspecified atom stereocenters. The quantitative estimate of drug-likeness (QED) is 0.695. The van der Waals surface area contributed by atoms with E-state index in [1.165, 1.54) is 4.90 Å². The second-order valence-electron chi connectivity index (χ2n) is 3.86. The van der Waals surface area contributed by atoms with E-state index in [4.69, 9.17) is 0 Å². The van der Waals surface area contributed by atoms with Crippen LogP contribution in [0.1, 0.15) is 33.1 Å². The molecule has 92 valence electrons. The van der Waals surface area contributed by atoms with Crippen molar-refractivity contribution in [2.75, 3.05) is 20.6 Å². The third-order valence-electron chi connectivity index (χ3n) is 2.16. The van der Waals surface area contributed by atoms with Crippen LogP contribution in [0.5, 0.6) is 0 Å². The first kappa shape index (κ1) is 14.7. The van der Waals surface area contributed by atoms with Crippen molar-refractivity contribution in [1.29, 1.82) is 0 Å². The van der Waals surface area contributed by atoms with Gasteiger partial charge in [0.05, 0.1) is 6.54 Å². The van der Waals surface area contributed by atoms with Crippen molar-refractivity contribution in [3.8, 4) is 0 Å². The molecule has 0 aliphatic carbocycles. The fourth-order valence-corrected chi connectivity index (χ4v) is 1.25. The van der Waals surface area contributed by atoms with Gasteiger partial charge in [-0.25, -0.2) is 0 Å². The van der Waals surface area contributed by atoms with E-state index in [0.717, 1.165) is 24.8 Å². The van der Waals surface area contributed by atoms with E-state index >= 15 is 0 Å². The molecule has 4 nitrogen and oxygen atoms in total. The molecule has 0 aliphatic rings. The normalized spacial score (nSPS) is 11.1. The first-order valence-electron chi connectivity index (χ1n) is 5.70. The van der Waals surface area contributed by atoms with Crippen LogP contribution in [0.15, 0.2) is 11.6 Å². The summed E-state index contributed by atoms with van der Waals surface area (Å²) in [6.45, 7) is 4.09. The van der Waals surface area contributed by atoms with Crippen molar-refractivity contribution in [1.82, 2.24) is 10.2 Å². The molecule has 0 heterocycles. The second-order valence-corrected chi connectivity index (χ2v) is 3.86. The Bertz CT molecular complexity index is 270. The van der Waals surface area contributed by atoms with E-state index in [9.17, 15) is 9.59 Å². The number of carbonyl (C=O) groups excluding carboxylic acids is 2. The molecule has 0 saturated heterocycles. The minimum atomic E-state index is -0.126. The van der Waals surface area contributed by atoms with Gasteiger partial charge in [0.25, 0.3) is 0 Å². The van der Waals surface area contributed by atoms with E-state index in [2.05, 4.69) is 5.32 Å². The third kappa shape index (κ3) is 5.53. The van der Waals surface area contributed by atoms with Crippen LogP contribution in [0, 0.1) is 0 Å². The van der Waals surface area contributed by atoms with Crippen LogP contribution in [0.4, 0.5) is 0 Å². The molecule has 16 heavy (non-hydrogen) atoms. The van der Waals surface area contributed by atoms with Gasteiger partial charge in [0, 0.05) is 19.7 Å². The molecule has 0 spiro atoms. The number of hydrogen-bond donors (Lipinski definition) is 1. The lowest BCUT2D eigenvalue weighted by Crippen LogP contribution is -2.36. The van der Waals surface area contributed by atoms with Crippen LogP contribution in [0.3, 0.4) is 0 Å². The Morgan fingerprint density at radius 3 is 2.31 bits per heavy atom. The second kappa shape index (κ2) is 7.91. The van der Waals surface area contributed by atoms with Crippen LogP contribution in [0.2, 0.25) is 0 Å². The predicted molar refractivity (Wildman–Crippen MR) is 65.0 cm³/mol. The van der Waals surface area contributed by atoms with Gasteiger partial charge < -0.3 is 10.2 Å². The summed E-state index contributed by atoms with van der Waals surface area (Å²) in [7, 11) is 3.34. The molecular formula is C12H22N2O2. The summed E-state index contributed by atoms with van der Waals surface area (Å²) in [5.41, 5.74) is 0.775. The maximum absolute atomic E-state index is 11.7. The van der Waals surface area contributed by atoms with Gasteiger partial charge in [0.1, 0.15) is 0 Å². The highest BCUT2D eigenvalue weighted by atomic mass is 16.2. The van der Waals surface area contributed by atoms with Crippen LogP contribution >= 0.6 is 0 Å². The topological polar surface area (TPSA) is 49.4 Å². The maximum atomic E-state index is 11.7. The summed E-state index contributed by atoms with van der Waals surface area (Å²) in [4.78, 5) is 24.4. The Labute approximate surface area is 97.7 Å². The van der Waals surface area contributed by atoms with E-state index in [0.29, 0.717) is 0 Å². The zero-order valence-corrected chi connectivity index (χ0v) is 10.7. The SMILES string of the molecule is CC/C=C(/CCC)C(=O)NCC(=O)N(C)C. The summed E-state index contributed by atoms with van der Waals surface area (Å²) in [6.07, 6.45) is 4.44. The maximum Gasteiger partial charge on any atom is 0.247 e. The Morgan fingerprint density at radius 1 is 1.25 bits per heavy atom. The molecule has 0 fully saturated rings. The smallest absolute Gasteiger partial charge is 0.247 e. The summed E-state index contributed by atoms with van der Waals surface area (Å²) >= 11 is 0. The van der Waals surface area contributed by atoms with Gasteiger partial charge in [-0.1, -0.05) is 26.3 Å². The summed E-state index contributed by atoms with van der Waals surface area (Å²) in [5.74, 6) is -0.223. The fourth-order valence-electron chi connectivity index (χ4n) is 1.25. The third-order valence-corrected chi connectivity index (χ3v) is 2.16. The highest BCUT2D eigenvalue weighted by molar-refractivity contribution is 5.95. The van der Waals surface area contributed by atoms with Crippen molar-refractivity contribution < 1.29 is 9.59 Å². The number of nitrogens with one attached hydrogen (secondary N) is 1. The van der Waals surface area contributed by atoms with E-state index < -0.39 is 0 Å². The minimum Gasteiger partial charge on any atom is -0.347 e. The highest BCUT2D eigenvalue weighted by Crippen LogP contribution is 2.05. The molecular weight excluding hydrogens is 204 g/mol. The molecule has 0 aromatic rings. The van der Waals surface area contributed by atoms with Gasteiger partial charge in [0.2, 0.25) is 11.8 Å². The highest BCUT2D eigenvalue weighted by Gasteiger charge is 2.10. The zero-order valence-electron chi connectivity index (χ0n) is 10.7. The largest absolute Gasteiger partial charge is 0.347 e. The van der Waals surface area contributed by atoms with E-state index in [1.807, 2.05) is 19.9 Å². The van der Waals surface area contributed by atoms with Crippen molar-refractivity contribution >= 4 is 11.8 Å². The van der Waals surface area contributed by atoms with Gasteiger partial charge in [-0.15, -0.1) is 0 Å². The van der Waals surface area contributed by atoms with Gasteiger partial charge in [-0.3, -0.25) is 9.59 Å².